The Hall–Kier alpha value is -0.250. The van der Waals surface area contributed by atoms with Gasteiger partial charge in [0.15, 0.2) is 0 Å². The van der Waals surface area contributed by atoms with E-state index >= 15 is 0 Å². The second kappa shape index (κ2) is 4.12. The zero-order valence-electron chi connectivity index (χ0n) is 7.52. The van der Waals surface area contributed by atoms with E-state index in [0.717, 1.165) is 16.5 Å². The molecule has 0 heterocycles. The van der Waals surface area contributed by atoms with Gasteiger partial charge in [0, 0.05) is 10.1 Å². The summed E-state index contributed by atoms with van der Waals surface area (Å²) in [5, 5.41) is 0. The number of anilines is 1. The maximum atomic E-state index is 5.82. The van der Waals surface area contributed by atoms with E-state index in [2.05, 4.69) is 42.5 Å². The molecule has 0 saturated carbocycles. The van der Waals surface area contributed by atoms with E-state index in [1.165, 1.54) is 16.7 Å². The van der Waals surface area contributed by atoms with Gasteiger partial charge in [0.2, 0.25) is 0 Å². The van der Waals surface area contributed by atoms with E-state index < -0.39 is 0 Å². The van der Waals surface area contributed by atoms with Crippen LogP contribution in [0.5, 0.6) is 0 Å². The van der Waals surface area contributed by atoms with Crippen molar-refractivity contribution in [3.63, 3.8) is 0 Å². The van der Waals surface area contributed by atoms with Crippen LogP contribution in [0, 0.1) is 13.8 Å². The maximum Gasteiger partial charge on any atom is 0.0346 e. The van der Waals surface area contributed by atoms with Gasteiger partial charge in [-0.1, -0.05) is 28.7 Å². The number of hydrogen-bond donors (Lipinski definition) is 1. The highest BCUT2D eigenvalue weighted by molar-refractivity contribution is 14.1. The lowest BCUT2D eigenvalue weighted by Gasteiger charge is -2.10. The van der Waals surface area contributed by atoms with E-state index in [4.69, 9.17) is 5.73 Å². The molecule has 2 heteroatoms. The van der Waals surface area contributed by atoms with Crippen molar-refractivity contribution < 1.29 is 0 Å². The largest absolute Gasteiger partial charge is 0.399 e. The molecule has 12 heavy (non-hydrogen) atoms. The number of alkyl halides is 1. The lowest BCUT2D eigenvalue weighted by molar-refractivity contribution is 1.11. The molecular formula is C10H14IN. The van der Waals surface area contributed by atoms with Crippen molar-refractivity contribution >= 4 is 28.3 Å². The summed E-state index contributed by atoms with van der Waals surface area (Å²) in [7, 11) is 0. The SMILES string of the molecule is Cc1ccc(N)c(C)c1CCI. The summed E-state index contributed by atoms with van der Waals surface area (Å²) < 4.78 is 1.16. The predicted octanol–water partition coefficient (Wildman–Crippen LogP) is 2.86. The fraction of sp³-hybridized carbons (Fsp3) is 0.400. The van der Waals surface area contributed by atoms with Gasteiger partial charge < -0.3 is 5.73 Å². The Balaban J connectivity index is 3.14. The number of rotatable bonds is 2. The molecule has 0 bridgehead atoms. The zero-order valence-corrected chi connectivity index (χ0v) is 9.68. The predicted molar refractivity (Wildman–Crippen MR) is 62.9 cm³/mol. The molecule has 1 rings (SSSR count). The van der Waals surface area contributed by atoms with E-state index in [0.29, 0.717) is 0 Å². The van der Waals surface area contributed by atoms with Gasteiger partial charge in [0.25, 0.3) is 0 Å². The molecule has 0 amide bonds. The minimum atomic E-state index is 0.917. The minimum Gasteiger partial charge on any atom is -0.399 e. The average Bonchev–Trinajstić information content (AvgIpc) is 2.06. The Morgan fingerprint density at radius 2 is 2.00 bits per heavy atom. The monoisotopic (exact) mass is 275 g/mol. The Morgan fingerprint density at radius 1 is 1.33 bits per heavy atom. The van der Waals surface area contributed by atoms with Crippen LogP contribution in [0.25, 0.3) is 0 Å². The topological polar surface area (TPSA) is 26.0 Å². The second-order valence-corrected chi connectivity index (χ2v) is 4.09. The quantitative estimate of drug-likeness (QED) is 0.501. The van der Waals surface area contributed by atoms with Gasteiger partial charge in [-0.3, -0.25) is 0 Å². The van der Waals surface area contributed by atoms with Crippen molar-refractivity contribution in [2.45, 2.75) is 20.3 Å². The zero-order chi connectivity index (χ0) is 9.14. The van der Waals surface area contributed by atoms with Gasteiger partial charge >= 0.3 is 0 Å². The van der Waals surface area contributed by atoms with E-state index in [-0.39, 0.29) is 0 Å². The van der Waals surface area contributed by atoms with Crippen LogP contribution in [-0.4, -0.2) is 4.43 Å². The number of nitrogen functional groups attached to an aromatic ring is 1. The highest BCUT2D eigenvalue weighted by Crippen LogP contribution is 2.20. The third-order valence-electron chi connectivity index (χ3n) is 2.22. The van der Waals surface area contributed by atoms with Gasteiger partial charge in [-0.25, -0.2) is 0 Å². The molecule has 0 spiro atoms. The summed E-state index contributed by atoms with van der Waals surface area (Å²) in [4.78, 5) is 0. The fourth-order valence-corrected chi connectivity index (χ4v) is 1.93. The van der Waals surface area contributed by atoms with Crippen LogP contribution >= 0.6 is 22.6 Å². The van der Waals surface area contributed by atoms with Crippen LogP contribution < -0.4 is 5.73 Å². The highest BCUT2D eigenvalue weighted by atomic mass is 127. The van der Waals surface area contributed by atoms with Gasteiger partial charge in [-0.2, -0.15) is 0 Å². The molecular weight excluding hydrogens is 261 g/mol. The van der Waals surface area contributed by atoms with Crippen molar-refractivity contribution in [1.29, 1.82) is 0 Å². The number of aryl methyl sites for hydroxylation is 1. The maximum absolute atomic E-state index is 5.82. The van der Waals surface area contributed by atoms with E-state index in [1.54, 1.807) is 0 Å². The molecule has 1 nitrogen and oxygen atoms in total. The van der Waals surface area contributed by atoms with Crippen LogP contribution in [0.3, 0.4) is 0 Å². The van der Waals surface area contributed by atoms with Crippen LogP contribution in [0.2, 0.25) is 0 Å². The molecule has 0 atom stereocenters. The standard InChI is InChI=1S/C10H14IN/c1-7-3-4-10(12)8(2)9(7)5-6-11/h3-4H,5-6,12H2,1-2H3. The van der Waals surface area contributed by atoms with Crippen LogP contribution in [0.1, 0.15) is 16.7 Å². The lowest BCUT2D eigenvalue weighted by Crippen LogP contribution is -1.99. The van der Waals surface area contributed by atoms with Crippen molar-refractivity contribution in [2.75, 3.05) is 10.2 Å². The normalized spacial score (nSPS) is 10.2. The average molecular weight is 275 g/mol. The highest BCUT2D eigenvalue weighted by Gasteiger charge is 2.03. The van der Waals surface area contributed by atoms with Crippen molar-refractivity contribution in [3.05, 3.63) is 28.8 Å². The third-order valence-corrected chi connectivity index (χ3v) is 2.76. The Morgan fingerprint density at radius 3 is 2.58 bits per heavy atom. The number of halogens is 1. The Labute approximate surface area is 87.5 Å². The smallest absolute Gasteiger partial charge is 0.0346 e. The van der Waals surface area contributed by atoms with Gasteiger partial charge in [0.1, 0.15) is 0 Å². The molecule has 0 aliphatic heterocycles. The fourth-order valence-electron chi connectivity index (χ4n) is 1.39. The Bertz CT molecular complexity index is 281. The van der Waals surface area contributed by atoms with Crippen LogP contribution in [0.15, 0.2) is 12.1 Å². The molecule has 0 saturated heterocycles. The van der Waals surface area contributed by atoms with Crippen LogP contribution in [-0.2, 0) is 6.42 Å². The second-order valence-electron chi connectivity index (χ2n) is 3.01. The molecule has 1 aromatic rings. The summed E-state index contributed by atoms with van der Waals surface area (Å²) in [5.74, 6) is 0. The van der Waals surface area contributed by atoms with Crippen molar-refractivity contribution in [2.24, 2.45) is 0 Å². The summed E-state index contributed by atoms with van der Waals surface area (Å²) >= 11 is 2.40. The first-order valence-electron chi connectivity index (χ1n) is 4.07. The van der Waals surface area contributed by atoms with Crippen LogP contribution in [0.4, 0.5) is 5.69 Å². The first kappa shape index (κ1) is 9.84. The molecule has 0 aliphatic rings. The first-order valence-corrected chi connectivity index (χ1v) is 5.60. The van der Waals surface area contributed by atoms with Crippen molar-refractivity contribution in [3.8, 4) is 0 Å². The molecule has 66 valence electrons. The number of hydrogen-bond acceptors (Lipinski definition) is 1. The first-order chi connectivity index (χ1) is 5.66. The molecule has 0 aromatic heterocycles. The number of benzene rings is 1. The minimum absolute atomic E-state index is 0.917. The summed E-state index contributed by atoms with van der Waals surface area (Å²) in [5.41, 5.74) is 10.8. The molecule has 0 aliphatic carbocycles. The lowest BCUT2D eigenvalue weighted by atomic mass is 9.99. The summed E-state index contributed by atoms with van der Waals surface area (Å²) in [6.07, 6.45) is 1.13. The third kappa shape index (κ3) is 1.91. The molecule has 0 fully saturated rings. The van der Waals surface area contributed by atoms with E-state index in [9.17, 15) is 0 Å². The van der Waals surface area contributed by atoms with Gasteiger partial charge in [-0.05, 0) is 43.0 Å². The van der Waals surface area contributed by atoms with E-state index in [1.807, 2.05) is 6.07 Å². The molecule has 0 unspecified atom stereocenters. The van der Waals surface area contributed by atoms with Gasteiger partial charge in [-0.15, -0.1) is 0 Å². The van der Waals surface area contributed by atoms with Crippen molar-refractivity contribution in [1.82, 2.24) is 0 Å². The summed E-state index contributed by atoms with van der Waals surface area (Å²) in [6, 6.07) is 4.09. The van der Waals surface area contributed by atoms with Gasteiger partial charge in [0.05, 0.1) is 0 Å². The Kier molecular flexibility index (Phi) is 3.38. The molecule has 0 radical (unpaired) electrons. The molecule has 1 aromatic carbocycles. The number of nitrogens with two attached hydrogens (primary N) is 1. The summed E-state index contributed by atoms with van der Waals surface area (Å²) in [6.45, 7) is 4.25. The molecule has 2 N–H and O–H groups in total.